The predicted molar refractivity (Wildman–Crippen MR) is 79.0 cm³/mol. The first-order valence-corrected chi connectivity index (χ1v) is 7.79. The van der Waals surface area contributed by atoms with Crippen LogP contribution >= 0.6 is 11.3 Å². The van der Waals surface area contributed by atoms with Crippen molar-refractivity contribution in [1.82, 2.24) is 10.3 Å². The number of nitrogens with zero attached hydrogens (tertiary/aromatic N) is 2. The molecule has 0 amide bonds. The summed E-state index contributed by atoms with van der Waals surface area (Å²) in [7, 11) is 0. The number of aliphatic hydroxyl groups is 1. The molecule has 2 aromatic heterocycles. The monoisotopic (exact) mass is 293 g/mol. The Labute approximate surface area is 122 Å². The van der Waals surface area contributed by atoms with Gasteiger partial charge in [0.15, 0.2) is 5.13 Å². The van der Waals surface area contributed by atoms with Gasteiger partial charge in [-0.25, -0.2) is 4.98 Å². The quantitative estimate of drug-likeness (QED) is 0.883. The van der Waals surface area contributed by atoms with Gasteiger partial charge in [0.1, 0.15) is 5.76 Å². The van der Waals surface area contributed by atoms with Crippen LogP contribution in [-0.2, 0) is 0 Å². The smallest absolute Gasteiger partial charge is 0.185 e. The van der Waals surface area contributed by atoms with Crippen LogP contribution in [0.15, 0.2) is 34.4 Å². The molecule has 6 heteroatoms. The van der Waals surface area contributed by atoms with Crippen LogP contribution in [0.4, 0.5) is 5.13 Å². The zero-order valence-electron chi connectivity index (χ0n) is 11.2. The highest BCUT2D eigenvalue weighted by Gasteiger charge is 2.24. The fraction of sp³-hybridized carbons (Fsp3) is 0.500. The van der Waals surface area contributed by atoms with Gasteiger partial charge in [-0.05, 0) is 25.0 Å². The minimum atomic E-state index is -0.110. The molecule has 0 radical (unpaired) electrons. The van der Waals surface area contributed by atoms with Gasteiger partial charge in [-0.1, -0.05) is 0 Å². The van der Waals surface area contributed by atoms with Crippen molar-refractivity contribution in [1.29, 1.82) is 0 Å². The van der Waals surface area contributed by atoms with Crippen LogP contribution in [0.1, 0.15) is 24.6 Å². The normalized spacial score (nSPS) is 18.4. The maximum atomic E-state index is 9.49. The lowest BCUT2D eigenvalue weighted by Gasteiger charge is -2.33. The fourth-order valence-electron chi connectivity index (χ4n) is 2.61. The standard InChI is InChI=1S/C14H19N3O2S/c18-10-12(13-2-1-8-19-13)16-11-3-6-17(7-4-11)14-15-5-9-20-14/h1-2,5,8-9,11-12,16,18H,3-4,6-7,10H2/t12-/m1/s1. The van der Waals surface area contributed by atoms with E-state index in [-0.39, 0.29) is 12.6 Å². The van der Waals surface area contributed by atoms with E-state index in [0.717, 1.165) is 36.8 Å². The van der Waals surface area contributed by atoms with E-state index in [1.807, 2.05) is 23.7 Å². The molecular weight excluding hydrogens is 274 g/mol. The Balaban J connectivity index is 1.53. The Morgan fingerprint density at radius 3 is 2.95 bits per heavy atom. The maximum absolute atomic E-state index is 9.49. The third-order valence-electron chi connectivity index (χ3n) is 3.69. The number of nitrogens with one attached hydrogen (secondary N) is 1. The first kappa shape index (κ1) is 13.6. The molecule has 2 N–H and O–H groups in total. The zero-order chi connectivity index (χ0) is 13.8. The van der Waals surface area contributed by atoms with Crippen molar-refractivity contribution < 1.29 is 9.52 Å². The number of rotatable bonds is 5. The van der Waals surface area contributed by atoms with E-state index in [9.17, 15) is 5.11 Å². The molecule has 3 heterocycles. The Morgan fingerprint density at radius 1 is 1.50 bits per heavy atom. The molecule has 1 aliphatic heterocycles. The third-order valence-corrected chi connectivity index (χ3v) is 4.52. The van der Waals surface area contributed by atoms with Gasteiger partial charge in [-0.3, -0.25) is 0 Å². The van der Waals surface area contributed by atoms with E-state index in [4.69, 9.17) is 4.42 Å². The minimum Gasteiger partial charge on any atom is -0.468 e. The van der Waals surface area contributed by atoms with Crippen LogP contribution in [0.3, 0.4) is 0 Å². The highest BCUT2D eigenvalue weighted by molar-refractivity contribution is 7.13. The summed E-state index contributed by atoms with van der Waals surface area (Å²) in [6.07, 6.45) is 5.60. The van der Waals surface area contributed by atoms with Gasteiger partial charge in [0.05, 0.1) is 18.9 Å². The van der Waals surface area contributed by atoms with Gasteiger partial charge in [0.2, 0.25) is 0 Å². The summed E-state index contributed by atoms with van der Waals surface area (Å²) in [4.78, 5) is 6.67. The highest BCUT2D eigenvalue weighted by atomic mass is 32.1. The van der Waals surface area contributed by atoms with E-state index in [1.54, 1.807) is 17.6 Å². The summed E-state index contributed by atoms with van der Waals surface area (Å²) < 4.78 is 5.37. The van der Waals surface area contributed by atoms with E-state index in [0.29, 0.717) is 6.04 Å². The molecule has 0 saturated carbocycles. The summed E-state index contributed by atoms with van der Waals surface area (Å²) in [5.74, 6) is 0.801. The maximum Gasteiger partial charge on any atom is 0.185 e. The molecule has 3 rings (SSSR count). The number of anilines is 1. The summed E-state index contributed by atoms with van der Waals surface area (Å²) in [6.45, 7) is 2.06. The lowest BCUT2D eigenvalue weighted by Crippen LogP contribution is -2.44. The first-order valence-electron chi connectivity index (χ1n) is 6.91. The van der Waals surface area contributed by atoms with Crippen molar-refractivity contribution in [3.05, 3.63) is 35.7 Å². The Kier molecular flexibility index (Phi) is 4.34. The molecule has 2 aromatic rings. The van der Waals surface area contributed by atoms with Gasteiger partial charge >= 0.3 is 0 Å². The van der Waals surface area contributed by atoms with Crippen LogP contribution in [-0.4, -0.2) is 35.8 Å². The summed E-state index contributed by atoms with van der Waals surface area (Å²) in [5, 5.41) is 16.1. The Morgan fingerprint density at radius 2 is 2.35 bits per heavy atom. The lowest BCUT2D eigenvalue weighted by atomic mass is 10.0. The van der Waals surface area contributed by atoms with Crippen LogP contribution in [0, 0.1) is 0 Å². The summed E-state index contributed by atoms with van der Waals surface area (Å²) >= 11 is 1.69. The van der Waals surface area contributed by atoms with E-state index >= 15 is 0 Å². The molecule has 0 unspecified atom stereocenters. The van der Waals surface area contributed by atoms with Gasteiger partial charge in [-0.2, -0.15) is 0 Å². The molecular formula is C14H19N3O2S. The third kappa shape index (κ3) is 3.03. The van der Waals surface area contributed by atoms with Crippen LogP contribution < -0.4 is 10.2 Å². The average Bonchev–Trinajstić information content (AvgIpc) is 3.18. The fourth-order valence-corrected chi connectivity index (χ4v) is 3.31. The topological polar surface area (TPSA) is 61.5 Å². The number of piperidine rings is 1. The van der Waals surface area contributed by atoms with Gasteiger partial charge < -0.3 is 19.7 Å². The summed E-state index contributed by atoms with van der Waals surface area (Å²) in [6, 6.07) is 4.05. The lowest BCUT2D eigenvalue weighted by molar-refractivity contribution is 0.207. The highest BCUT2D eigenvalue weighted by Crippen LogP contribution is 2.23. The number of aromatic nitrogens is 1. The van der Waals surface area contributed by atoms with Crippen molar-refractivity contribution in [2.24, 2.45) is 0 Å². The number of aliphatic hydroxyl groups excluding tert-OH is 1. The van der Waals surface area contributed by atoms with Crippen molar-refractivity contribution in [2.45, 2.75) is 24.9 Å². The second-order valence-corrected chi connectivity index (χ2v) is 5.87. The molecule has 5 nitrogen and oxygen atoms in total. The second kappa shape index (κ2) is 6.39. The SMILES string of the molecule is OC[C@@H](NC1CCN(c2nccs2)CC1)c1ccco1. The van der Waals surface area contributed by atoms with Crippen LogP contribution in [0.25, 0.3) is 0 Å². The average molecular weight is 293 g/mol. The molecule has 0 spiro atoms. The van der Waals surface area contributed by atoms with Crippen molar-refractivity contribution >= 4 is 16.5 Å². The van der Waals surface area contributed by atoms with Crippen LogP contribution in [0.2, 0.25) is 0 Å². The van der Waals surface area contributed by atoms with Crippen molar-refractivity contribution in [3.8, 4) is 0 Å². The van der Waals surface area contributed by atoms with Crippen molar-refractivity contribution in [2.75, 3.05) is 24.6 Å². The van der Waals surface area contributed by atoms with E-state index in [1.165, 1.54) is 0 Å². The first-order chi connectivity index (χ1) is 9.86. The molecule has 1 atom stereocenters. The number of thiazole rings is 1. The molecule has 108 valence electrons. The Hall–Kier alpha value is -1.37. The van der Waals surface area contributed by atoms with Gasteiger partial charge in [-0.15, -0.1) is 11.3 Å². The number of hydrogen-bond acceptors (Lipinski definition) is 6. The molecule has 1 aliphatic rings. The second-order valence-electron chi connectivity index (χ2n) is 4.99. The van der Waals surface area contributed by atoms with Crippen molar-refractivity contribution in [3.63, 3.8) is 0 Å². The largest absolute Gasteiger partial charge is 0.468 e. The van der Waals surface area contributed by atoms with Crippen LogP contribution in [0.5, 0.6) is 0 Å². The summed E-state index contributed by atoms with van der Waals surface area (Å²) in [5.41, 5.74) is 0. The van der Waals surface area contributed by atoms with Gasteiger partial charge in [0.25, 0.3) is 0 Å². The molecule has 1 fully saturated rings. The molecule has 0 aromatic carbocycles. The molecule has 1 saturated heterocycles. The number of hydrogen-bond donors (Lipinski definition) is 2. The van der Waals surface area contributed by atoms with Gasteiger partial charge in [0, 0.05) is 30.7 Å². The molecule has 0 aliphatic carbocycles. The molecule has 0 bridgehead atoms. The predicted octanol–water partition coefficient (Wildman–Crippen LogP) is 2.03. The van der Waals surface area contributed by atoms with E-state index in [2.05, 4.69) is 15.2 Å². The number of furan rings is 1. The van der Waals surface area contributed by atoms with E-state index < -0.39 is 0 Å². The Bertz CT molecular complexity index is 492. The molecule has 20 heavy (non-hydrogen) atoms. The minimum absolute atomic E-state index is 0.0558. The zero-order valence-corrected chi connectivity index (χ0v) is 12.1.